The van der Waals surface area contributed by atoms with E-state index in [9.17, 15) is 28.8 Å². The van der Waals surface area contributed by atoms with E-state index in [0.29, 0.717) is 0 Å². The predicted molar refractivity (Wildman–Crippen MR) is 111 cm³/mol. The second-order valence-corrected chi connectivity index (χ2v) is 7.33. The highest BCUT2D eigenvalue weighted by atomic mass is 16.5. The van der Waals surface area contributed by atoms with Gasteiger partial charge >= 0.3 is 17.9 Å². The average Bonchev–Trinajstić information content (AvgIpc) is 3.07. The molecular formula is C20H28N2O12. The topological polar surface area (TPSA) is 206 Å². The summed E-state index contributed by atoms with van der Waals surface area (Å²) < 4.78 is 16.1. The van der Waals surface area contributed by atoms with E-state index in [1.54, 1.807) is 0 Å². The van der Waals surface area contributed by atoms with Gasteiger partial charge in [-0.05, 0) is 0 Å². The molecule has 0 unspecified atom stereocenters. The number of imide groups is 1. The van der Waals surface area contributed by atoms with Crippen molar-refractivity contribution in [2.75, 3.05) is 46.2 Å². The van der Waals surface area contributed by atoms with E-state index in [0.717, 1.165) is 17.1 Å². The van der Waals surface area contributed by atoms with Crippen LogP contribution in [0.3, 0.4) is 0 Å². The van der Waals surface area contributed by atoms with Gasteiger partial charge in [0, 0.05) is 25.1 Å². The van der Waals surface area contributed by atoms with Crippen LogP contribution in [0.2, 0.25) is 0 Å². The van der Waals surface area contributed by atoms with Gasteiger partial charge in [0.1, 0.15) is 5.54 Å². The highest BCUT2D eigenvalue weighted by Gasteiger charge is 2.34. The number of amides is 3. The molecule has 1 aliphatic rings. The van der Waals surface area contributed by atoms with Gasteiger partial charge in [0.2, 0.25) is 5.91 Å². The Morgan fingerprint density at radius 2 is 1.12 bits per heavy atom. The molecule has 0 aromatic heterocycles. The number of nitrogens with one attached hydrogen (secondary N) is 1. The van der Waals surface area contributed by atoms with Gasteiger partial charge in [-0.2, -0.15) is 0 Å². The summed E-state index contributed by atoms with van der Waals surface area (Å²) in [5.41, 5.74) is -1.43. The van der Waals surface area contributed by atoms with Crippen molar-refractivity contribution in [1.29, 1.82) is 0 Å². The first kappa shape index (κ1) is 28.7. The molecule has 0 aromatic carbocycles. The summed E-state index contributed by atoms with van der Waals surface area (Å²) in [6, 6.07) is 0. The number of nitrogens with zero attached hydrogens (tertiary/aromatic N) is 1. The van der Waals surface area contributed by atoms with Crippen molar-refractivity contribution in [2.24, 2.45) is 0 Å². The van der Waals surface area contributed by atoms with Crippen LogP contribution >= 0.6 is 0 Å². The van der Waals surface area contributed by atoms with E-state index in [4.69, 9.17) is 29.5 Å². The zero-order valence-electron chi connectivity index (χ0n) is 18.4. The number of carboxylic acids is 3. The molecule has 0 radical (unpaired) electrons. The third kappa shape index (κ3) is 11.5. The minimum Gasteiger partial charge on any atom is -0.481 e. The number of hydrogen-bond donors (Lipinski definition) is 4. The lowest BCUT2D eigenvalue weighted by molar-refractivity contribution is -0.142. The van der Waals surface area contributed by atoms with Crippen LogP contribution in [0.25, 0.3) is 0 Å². The molecule has 0 spiro atoms. The van der Waals surface area contributed by atoms with Crippen molar-refractivity contribution in [1.82, 2.24) is 10.2 Å². The van der Waals surface area contributed by atoms with Gasteiger partial charge in [-0.15, -0.1) is 0 Å². The molecule has 190 valence electrons. The largest absolute Gasteiger partial charge is 0.481 e. The molecule has 0 saturated heterocycles. The molecule has 0 aromatic rings. The Hall–Kier alpha value is -3.36. The molecule has 0 atom stereocenters. The van der Waals surface area contributed by atoms with Crippen molar-refractivity contribution < 1.29 is 58.3 Å². The number of hydrogen-bond acceptors (Lipinski definition) is 9. The molecule has 1 aliphatic heterocycles. The molecule has 14 heteroatoms. The Morgan fingerprint density at radius 1 is 0.735 bits per heavy atom. The predicted octanol–water partition coefficient (Wildman–Crippen LogP) is -1.37. The highest BCUT2D eigenvalue weighted by molar-refractivity contribution is 6.13. The number of ether oxygens (including phenoxy) is 3. The normalized spacial score (nSPS) is 13.4. The van der Waals surface area contributed by atoms with Crippen molar-refractivity contribution >= 4 is 35.6 Å². The van der Waals surface area contributed by atoms with Crippen molar-refractivity contribution in [3.63, 3.8) is 0 Å². The Labute approximate surface area is 194 Å². The third-order valence-electron chi connectivity index (χ3n) is 4.38. The maximum Gasteiger partial charge on any atom is 0.305 e. The van der Waals surface area contributed by atoms with Crippen LogP contribution in [0.5, 0.6) is 0 Å². The van der Waals surface area contributed by atoms with Gasteiger partial charge in [-0.1, -0.05) is 0 Å². The van der Waals surface area contributed by atoms with Crippen molar-refractivity contribution in [3.05, 3.63) is 12.2 Å². The summed E-state index contributed by atoms with van der Waals surface area (Å²) in [5.74, 6) is -5.08. The molecule has 0 bridgehead atoms. The molecule has 4 N–H and O–H groups in total. The fourth-order valence-corrected chi connectivity index (χ4v) is 2.74. The molecule has 1 heterocycles. The molecular weight excluding hydrogens is 460 g/mol. The minimum atomic E-state index is -1.43. The quantitative estimate of drug-likeness (QED) is 0.123. The van der Waals surface area contributed by atoms with Gasteiger partial charge in [0.25, 0.3) is 11.8 Å². The lowest BCUT2D eigenvalue weighted by atomic mass is 10.0. The van der Waals surface area contributed by atoms with Crippen LogP contribution in [-0.2, 0) is 43.0 Å². The van der Waals surface area contributed by atoms with Crippen molar-refractivity contribution in [2.45, 2.75) is 31.2 Å². The number of carboxylic acid groups (broad SMARTS) is 3. The third-order valence-corrected chi connectivity index (χ3v) is 4.38. The maximum absolute atomic E-state index is 12.6. The molecule has 34 heavy (non-hydrogen) atoms. The molecule has 3 amide bonds. The van der Waals surface area contributed by atoms with Gasteiger partial charge in [-0.25, -0.2) is 0 Å². The highest BCUT2D eigenvalue weighted by Crippen LogP contribution is 2.12. The second-order valence-electron chi connectivity index (χ2n) is 7.33. The lowest BCUT2D eigenvalue weighted by Crippen LogP contribution is -2.59. The number of carbonyl (C=O) groups excluding carboxylic acids is 3. The Kier molecular flexibility index (Phi) is 12.4. The molecule has 14 nitrogen and oxygen atoms in total. The van der Waals surface area contributed by atoms with Crippen LogP contribution in [0.15, 0.2) is 12.2 Å². The first-order valence-corrected chi connectivity index (χ1v) is 10.3. The molecule has 1 rings (SSSR count). The summed E-state index contributed by atoms with van der Waals surface area (Å²) in [6.07, 6.45) is 0.906. The fraction of sp³-hybridized carbons (Fsp3) is 0.600. The summed E-state index contributed by atoms with van der Waals surface area (Å²) in [5, 5.41) is 29.0. The standard InChI is InChI=1S/C20H28N2O12/c23-14(3-7-22-15(24)1-2-16(22)25)21-20(11-32-8-4-17(26)27,12-33-9-5-18(28)29)13-34-10-6-19(30)31/h1-2H,3-13H2,(H,21,23)(H,26,27)(H,28,29)(H,30,31). The first-order valence-electron chi connectivity index (χ1n) is 10.3. The van der Waals surface area contributed by atoms with Crippen molar-refractivity contribution in [3.8, 4) is 0 Å². The summed E-state index contributed by atoms with van der Waals surface area (Å²) in [7, 11) is 0. The SMILES string of the molecule is O=C(O)CCOCC(COCCC(=O)O)(COCCC(=O)O)NC(=O)CCN1C(=O)C=CC1=O. The fourth-order valence-electron chi connectivity index (χ4n) is 2.74. The smallest absolute Gasteiger partial charge is 0.305 e. The first-order chi connectivity index (χ1) is 16.0. The van der Waals surface area contributed by atoms with E-state index >= 15 is 0 Å². The zero-order valence-corrected chi connectivity index (χ0v) is 18.4. The van der Waals surface area contributed by atoms with E-state index in [1.165, 1.54) is 0 Å². The van der Waals surface area contributed by atoms with E-state index in [2.05, 4.69) is 5.32 Å². The Bertz CT molecular complexity index is 721. The Balaban J connectivity index is 2.86. The minimum absolute atomic E-state index is 0.202. The summed E-state index contributed by atoms with van der Waals surface area (Å²) in [4.78, 5) is 69.0. The van der Waals surface area contributed by atoms with E-state index < -0.39 is 41.2 Å². The second kappa shape index (κ2) is 14.7. The number of carbonyl (C=O) groups is 6. The van der Waals surface area contributed by atoms with Crippen LogP contribution in [0.1, 0.15) is 25.7 Å². The maximum atomic E-state index is 12.6. The lowest BCUT2D eigenvalue weighted by Gasteiger charge is -2.34. The van der Waals surface area contributed by atoms with Crippen LogP contribution in [0.4, 0.5) is 0 Å². The zero-order chi connectivity index (χ0) is 25.6. The van der Waals surface area contributed by atoms with E-state index in [1.807, 2.05) is 0 Å². The van der Waals surface area contributed by atoms with E-state index in [-0.39, 0.29) is 71.9 Å². The average molecular weight is 488 g/mol. The molecule has 0 saturated carbocycles. The van der Waals surface area contributed by atoms with Crippen LogP contribution in [-0.4, -0.2) is 108 Å². The summed E-state index contributed by atoms with van der Waals surface area (Å²) in [6.45, 7) is -1.72. The van der Waals surface area contributed by atoms with Crippen LogP contribution < -0.4 is 5.32 Å². The summed E-state index contributed by atoms with van der Waals surface area (Å²) >= 11 is 0. The number of rotatable bonds is 19. The Morgan fingerprint density at radius 3 is 1.47 bits per heavy atom. The van der Waals surface area contributed by atoms with Crippen LogP contribution in [0, 0.1) is 0 Å². The molecule has 0 fully saturated rings. The number of aliphatic carboxylic acids is 3. The van der Waals surface area contributed by atoms with Gasteiger partial charge in [-0.3, -0.25) is 33.7 Å². The monoisotopic (exact) mass is 488 g/mol. The van der Waals surface area contributed by atoms with Gasteiger partial charge in [0.15, 0.2) is 0 Å². The van der Waals surface area contributed by atoms with Gasteiger partial charge < -0.3 is 34.8 Å². The van der Waals surface area contributed by atoms with Gasteiger partial charge in [0.05, 0.1) is 58.9 Å². The molecule has 0 aliphatic carbocycles.